The maximum atomic E-state index is 12.9. The van der Waals surface area contributed by atoms with E-state index in [1.807, 2.05) is 19.9 Å². The largest absolute Gasteiger partial charge is 0.374 e. The molecule has 2 aromatic heterocycles. The minimum absolute atomic E-state index is 0.0566. The molecule has 1 amide bonds. The summed E-state index contributed by atoms with van der Waals surface area (Å²) in [6.07, 6.45) is 3.81. The van der Waals surface area contributed by atoms with E-state index in [2.05, 4.69) is 15.1 Å². The number of nitrogens with zero attached hydrogens (tertiary/aromatic N) is 3. The lowest BCUT2D eigenvalue weighted by atomic mass is 10.1. The van der Waals surface area contributed by atoms with E-state index in [9.17, 15) is 4.79 Å². The van der Waals surface area contributed by atoms with Crippen LogP contribution in [0, 0.1) is 6.92 Å². The van der Waals surface area contributed by atoms with Gasteiger partial charge in [0, 0.05) is 18.7 Å². The second-order valence-electron chi connectivity index (χ2n) is 6.32. The summed E-state index contributed by atoms with van der Waals surface area (Å²) in [4.78, 5) is 22.2. The molecule has 0 unspecified atom stereocenters. The topological polar surface area (TPSA) is 84.2 Å². The minimum Gasteiger partial charge on any atom is -0.374 e. The summed E-state index contributed by atoms with van der Waals surface area (Å²) in [5.74, 6) is 1.58. The van der Waals surface area contributed by atoms with Crippen molar-refractivity contribution >= 4 is 5.91 Å². The third-order valence-corrected chi connectivity index (χ3v) is 4.58. The predicted molar refractivity (Wildman–Crippen MR) is 81.0 cm³/mol. The fraction of sp³-hybridized carbons (Fsp3) is 0.562. The number of nitrogens with one attached hydrogen (secondary N) is 1. The molecular weight excluding hydrogens is 296 g/mol. The van der Waals surface area contributed by atoms with Crippen LogP contribution in [0.1, 0.15) is 59.5 Å². The molecule has 4 rings (SSSR count). The Kier molecular flexibility index (Phi) is 3.45. The third-order valence-electron chi connectivity index (χ3n) is 4.58. The maximum absolute atomic E-state index is 12.9. The highest BCUT2D eigenvalue weighted by Crippen LogP contribution is 2.39. The first-order valence-electron chi connectivity index (χ1n) is 8.05. The van der Waals surface area contributed by atoms with Gasteiger partial charge in [0.05, 0.1) is 12.7 Å². The summed E-state index contributed by atoms with van der Waals surface area (Å²) in [7, 11) is 0. The third kappa shape index (κ3) is 2.55. The van der Waals surface area contributed by atoms with Crippen molar-refractivity contribution in [3.05, 3.63) is 35.2 Å². The molecule has 1 N–H and O–H groups in total. The Morgan fingerprint density at radius 2 is 2.26 bits per heavy atom. The number of carbonyl (C=O) groups excluding carboxylic acids is 1. The summed E-state index contributed by atoms with van der Waals surface area (Å²) >= 11 is 0. The van der Waals surface area contributed by atoms with Crippen LogP contribution in [0.3, 0.4) is 0 Å². The van der Waals surface area contributed by atoms with Crippen molar-refractivity contribution in [1.82, 2.24) is 20.0 Å². The maximum Gasteiger partial charge on any atom is 0.271 e. The molecule has 0 bridgehead atoms. The molecule has 1 saturated heterocycles. The molecule has 1 aliphatic heterocycles. The van der Waals surface area contributed by atoms with E-state index >= 15 is 0 Å². The second-order valence-corrected chi connectivity index (χ2v) is 6.32. The Morgan fingerprint density at radius 3 is 2.96 bits per heavy atom. The minimum atomic E-state index is -0.348. The average molecular weight is 316 g/mol. The highest BCUT2D eigenvalue weighted by Gasteiger charge is 2.40. The quantitative estimate of drug-likeness (QED) is 0.938. The van der Waals surface area contributed by atoms with E-state index in [0.29, 0.717) is 30.7 Å². The van der Waals surface area contributed by atoms with Gasteiger partial charge in [-0.05, 0) is 38.3 Å². The molecule has 2 fully saturated rings. The van der Waals surface area contributed by atoms with Crippen LogP contribution >= 0.6 is 0 Å². The van der Waals surface area contributed by atoms with Crippen LogP contribution in [-0.4, -0.2) is 45.2 Å². The number of hydrogen-bond acceptors (Lipinski definition) is 5. The fourth-order valence-electron chi connectivity index (χ4n) is 3.08. The van der Waals surface area contributed by atoms with Crippen molar-refractivity contribution in [2.75, 3.05) is 13.2 Å². The van der Waals surface area contributed by atoms with Crippen molar-refractivity contribution in [3.63, 3.8) is 0 Å². The Hall–Kier alpha value is -2.15. The molecule has 0 aromatic carbocycles. The van der Waals surface area contributed by atoms with Crippen molar-refractivity contribution in [1.29, 1.82) is 0 Å². The van der Waals surface area contributed by atoms with Crippen LogP contribution < -0.4 is 0 Å². The molecule has 2 atom stereocenters. The predicted octanol–water partition coefficient (Wildman–Crippen LogP) is 2.19. The second kappa shape index (κ2) is 5.49. The molecule has 3 heterocycles. The molecule has 0 radical (unpaired) electrons. The van der Waals surface area contributed by atoms with Gasteiger partial charge in [-0.15, -0.1) is 0 Å². The fourth-order valence-corrected chi connectivity index (χ4v) is 3.08. The number of carbonyl (C=O) groups is 1. The molecule has 2 aliphatic rings. The number of morpholine rings is 1. The average Bonchev–Trinajstić information content (AvgIpc) is 3.12. The van der Waals surface area contributed by atoms with E-state index in [1.165, 1.54) is 0 Å². The monoisotopic (exact) mass is 316 g/mol. The molecule has 1 saturated carbocycles. The molecule has 7 heteroatoms. The van der Waals surface area contributed by atoms with Gasteiger partial charge in [-0.2, -0.15) is 4.98 Å². The van der Waals surface area contributed by atoms with Gasteiger partial charge in [0.25, 0.3) is 11.8 Å². The van der Waals surface area contributed by atoms with Crippen LogP contribution in [0.2, 0.25) is 0 Å². The lowest BCUT2D eigenvalue weighted by molar-refractivity contribution is -0.0602. The standard InChI is InChI=1S/C16H20N4O3/c1-9-5-6-17-12(9)16(21)20-7-8-22-10(2)13(20)15-18-14(19-23-15)11-3-4-11/h5-6,10-11,13,17H,3-4,7-8H2,1-2H3/t10-,13+/m1/s1. The smallest absolute Gasteiger partial charge is 0.271 e. The zero-order valence-electron chi connectivity index (χ0n) is 13.3. The van der Waals surface area contributed by atoms with E-state index in [1.54, 1.807) is 11.1 Å². The van der Waals surface area contributed by atoms with Crippen LogP contribution in [-0.2, 0) is 4.74 Å². The number of rotatable bonds is 3. The van der Waals surface area contributed by atoms with Crippen molar-refractivity contribution < 1.29 is 14.1 Å². The first-order chi connectivity index (χ1) is 11.1. The summed E-state index contributed by atoms with van der Waals surface area (Å²) in [5.41, 5.74) is 1.53. The van der Waals surface area contributed by atoms with Gasteiger partial charge in [-0.3, -0.25) is 4.79 Å². The number of ether oxygens (including phenoxy) is 1. The van der Waals surface area contributed by atoms with Gasteiger partial charge in [0.1, 0.15) is 11.7 Å². The van der Waals surface area contributed by atoms with E-state index in [0.717, 1.165) is 24.2 Å². The van der Waals surface area contributed by atoms with Gasteiger partial charge in [-0.1, -0.05) is 5.16 Å². The Morgan fingerprint density at radius 1 is 1.43 bits per heavy atom. The van der Waals surface area contributed by atoms with Crippen LogP contribution in [0.5, 0.6) is 0 Å². The summed E-state index contributed by atoms with van der Waals surface area (Å²) in [5, 5.41) is 4.07. The van der Waals surface area contributed by atoms with E-state index < -0.39 is 0 Å². The molecule has 23 heavy (non-hydrogen) atoms. The number of amides is 1. The van der Waals surface area contributed by atoms with Crippen molar-refractivity contribution in [2.24, 2.45) is 0 Å². The zero-order valence-corrected chi connectivity index (χ0v) is 13.3. The SMILES string of the molecule is Cc1cc[nH]c1C(=O)N1CCO[C@H](C)[C@H]1c1nc(C2CC2)no1. The van der Waals surface area contributed by atoms with Crippen LogP contribution in [0.15, 0.2) is 16.8 Å². The van der Waals surface area contributed by atoms with Gasteiger partial charge in [0.15, 0.2) is 5.82 Å². The first-order valence-corrected chi connectivity index (χ1v) is 8.05. The Labute approximate surface area is 134 Å². The first kappa shape index (κ1) is 14.4. The van der Waals surface area contributed by atoms with Crippen LogP contribution in [0.25, 0.3) is 0 Å². The highest BCUT2D eigenvalue weighted by molar-refractivity contribution is 5.94. The normalized spacial score (nSPS) is 24.9. The van der Waals surface area contributed by atoms with Gasteiger partial charge < -0.3 is 19.1 Å². The number of aryl methyl sites for hydroxylation is 1. The van der Waals surface area contributed by atoms with Crippen molar-refractivity contribution in [2.45, 2.75) is 44.8 Å². The highest BCUT2D eigenvalue weighted by atomic mass is 16.5. The number of aromatic nitrogens is 3. The van der Waals surface area contributed by atoms with Crippen molar-refractivity contribution in [3.8, 4) is 0 Å². The van der Waals surface area contributed by atoms with Crippen LogP contribution in [0.4, 0.5) is 0 Å². The molecular formula is C16H20N4O3. The Balaban J connectivity index is 1.65. The molecule has 122 valence electrons. The summed E-state index contributed by atoms with van der Waals surface area (Å²) in [6, 6.07) is 1.54. The molecule has 1 aliphatic carbocycles. The molecule has 2 aromatic rings. The molecule has 7 nitrogen and oxygen atoms in total. The van der Waals surface area contributed by atoms with E-state index in [4.69, 9.17) is 9.26 Å². The molecule has 0 spiro atoms. The number of H-pyrrole nitrogens is 1. The summed E-state index contributed by atoms with van der Waals surface area (Å²) in [6.45, 7) is 4.87. The van der Waals surface area contributed by atoms with Gasteiger partial charge >= 0.3 is 0 Å². The summed E-state index contributed by atoms with van der Waals surface area (Å²) < 4.78 is 11.2. The lowest BCUT2D eigenvalue weighted by Crippen LogP contribution is -2.47. The van der Waals surface area contributed by atoms with Gasteiger partial charge in [-0.25, -0.2) is 0 Å². The Bertz CT molecular complexity index is 718. The zero-order chi connectivity index (χ0) is 16.0. The lowest BCUT2D eigenvalue weighted by Gasteiger charge is -2.37. The van der Waals surface area contributed by atoms with E-state index in [-0.39, 0.29) is 18.1 Å². The number of aromatic amines is 1. The number of hydrogen-bond donors (Lipinski definition) is 1. The van der Waals surface area contributed by atoms with Gasteiger partial charge in [0.2, 0.25) is 0 Å².